The van der Waals surface area contributed by atoms with Gasteiger partial charge < -0.3 is 25.2 Å². The summed E-state index contributed by atoms with van der Waals surface area (Å²) < 4.78 is 5.78. The molecule has 0 spiro atoms. The number of carboxylic acids is 3. The number of hydrogen-bond acceptors (Lipinski definition) is 5. The maximum atomic E-state index is 10.3. The molecular weight excluding hydrogens is 511 g/mol. The quantitative estimate of drug-likeness (QED) is 0.0614. The van der Waals surface area contributed by atoms with E-state index >= 15 is 0 Å². The number of carbonyl (C=O) groups is 3. The zero-order chi connectivity index (χ0) is 28.9. The summed E-state index contributed by atoms with van der Waals surface area (Å²) in [6.07, 6.45) is 25.9. The van der Waals surface area contributed by atoms with Crippen molar-refractivity contribution in [1.82, 2.24) is 0 Å². The second-order valence-corrected chi connectivity index (χ2v) is 10.5. The van der Waals surface area contributed by atoms with Gasteiger partial charge in [0.1, 0.15) is 0 Å². The van der Waals surface area contributed by atoms with Crippen molar-refractivity contribution < 1.29 is 39.5 Å². The number of aliphatic hydroxyl groups is 1. The summed E-state index contributed by atoms with van der Waals surface area (Å²) in [4.78, 5) is 30.5. The van der Waals surface area contributed by atoms with Crippen molar-refractivity contribution >= 4 is 47.5 Å². The predicted molar refractivity (Wildman–Crippen MR) is 159 cm³/mol. The molecule has 0 aromatic heterocycles. The molecule has 0 bridgehead atoms. The molecule has 0 fully saturated rings. The molecule has 0 radical (unpaired) electrons. The fraction of sp³-hybridized carbons (Fsp3) is 0.900. The first-order valence-corrected chi connectivity index (χ1v) is 15.2. The van der Waals surface area contributed by atoms with Crippen LogP contribution in [0.5, 0.6) is 0 Å². The summed E-state index contributed by atoms with van der Waals surface area (Å²) >= 11 is 0. The van der Waals surface area contributed by atoms with Crippen molar-refractivity contribution in [2.24, 2.45) is 0 Å². The maximum absolute atomic E-state index is 10.3. The normalized spacial score (nSPS) is 10.8. The zero-order valence-electron chi connectivity index (χ0n) is 24.4. The minimum absolute atomic E-state index is 0. The van der Waals surface area contributed by atoms with E-state index in [1.165, 1.54) is 128 Å². The van der Waals surface area contributed by atoms with E-state index in [0.717, 1.165) is 13.2 Å². The van der Waals surface area contributed by atoms with Crippen molar-refractivity contribution in [2.75, 3.05) is 13.2 Å². The van der Waals surface area contributed by atoms with Gasteiger partial charge in [-0.1, -0.05) is 129 Å². The Kier molecular flexibility index (Phi) is 34.9. The van der Waals surface area contributed by atoms with E-state index in [9.17, 15) is 14.4 Å². The van der Waals surface area contributed by atoms with Crippen molar-refractivity contribution in [2.45, 2.75) is 161 Å². The Morgan fingerprint density at radius 1 is 0.513 bits per heavy atom. The number of carboxylic acid groups (broad SMARTS) is 3. The van der Waals surface area contributed by atoms with Crippen LogP contribution in [-0.2, 0) is 19.1 Å². The summed E-state index contributed by atoms with van der Waals surface area (Å²) in [5.41, 5.74) is -2.74. The van der Waals surface area contributed by atoms with Crippen LogP contribution in [-0.4, -0.2) is 86.7 Å². The van der Waals surface area contributed by atoms with Gasteiger partial charge in [0.05, 0.1) is 12.8 Å². The predicted octanol–water partition coefficient (Wildman–Crippen LogP) is 6.95. The molecule has 0 unspecified atom stereocenters. The topological polar surface area (TPSA) is 141 Å². The fourth-order valence-electron chi connectivity index (χ4n) is 4.20. The van der Waals surface area contributed by atoms with Crippen LogP contribution in [0.4, 0.5) is 0 Å². The summed E-state index contributed by atoms with van der Waals surface area (Å²) in [6, 6.07) is 0. The van der Waals surface area contributed by atoms with E-state index in [2.05, 4.69) is 13.8 Å². The average Bonchev–Trinajstić information content (AvgIpc) is 2.84. The summed E-state index contributed by atoms with van der Waals surface area (Å²) in [6.45, 7) is 6.57. The molecule has 0 saturated heterocycles. The van der Waals surface area contributed by atoms with Gasteiger partial charge in [-0.3, -0.25) is 9.59 Å². The van der Waals surface area contributed by atoms with Crippen LogP contribution in [0.25, 0.3) is 0 Å². The number of unbranched alkanes of at least 4 members (excludes halogenated alkanes) is 18. The van der Waals surface area contributed by atoms with Crippen LogP contribution >= 0.6 is 0 Å². The Morgan fingerprint density at radius 2 is 0.769 bits per heavy atom. The SMILES string of the molecule is CCCCCCCCCCCCOCCCCCCCCCCCC.O=C(O)CC(O)(CC(=O)O)C(=O)O.[NaH]. The minimum atomic E-state index is -2.74. The van der Waals surface area contributed by atoms with Crippen LogP contribution in [0.1, 0.15) is 155 Å². The Balaban J connectivity index is -0.000000783. The third kappa shape index (κ3) is 33.4. The van der Waals surface area contributed by atoms with E-state index in [1.54, 1.807) is 0 Å². The van der Waals surface area contributed by atoms with Crippen molar-refractivity contribution in [3.8, 4) is 0 Å². The molecule has 0 aliphatic carbocycles. The monoisotopic (exact) mass is 570 g/mol. The van der Waals surface area contributed by atoms with E-state index in [4.69, 9.17) is 25.2 Å². The number of hydrogen-bond donors (Lipinski definition) is 4. The van der Waals surface area contributed by atoms with Gasteiger partial charge in [0, 0.05) is 13.2 Å². The van der Waals surface area contributed by atoms with Gasteiger partial charge in [-0.25, -0.2) is 4.79 Å². The van der Waals surface area contributed by atoms with E-state index < -0.39 is 36.4 Å². The average molecular weight is 571 g/mol. The van der Waals surface area contributed by atoms with Gasteiger partial charge in [-0.05, 0) is 12.8 Å². The van der Waals surface area contributed by atoms with Gasteiger partial charge in [-0.2, -0.15) is 0 Å². The summed E-state index contributed by atoms with van der Waals surface area (Å²) in [7, 11) is 0. The van der Waals surface area contributed by atoms with E-state index in [0.29, 0.717) is 0 Å². The van der Waals surface area contributed by atoms with Crippen LogP contribution < -0.4 is 0 Å². The molecule has 0 rings (SSSR count). The standard InChI is InChI=1S/C24H50O.C6H8O7.Na.H/c1-3-5-7-9-11-13-15-17-19-21-23-25-24-22-20-18-16-14-12-10-8-6-4-2;7-3(8)1-6(13,5(11)12)2-4(9)10;;/h3-24H2,1-2H3;13H,1-2H2,(H,7,8)(H,9,10)(H,11,12);;. The fourth-order valence-corrected chi connectivity index (χ4v) is 4.20. The van der Waals surface area contributed by atoms with Crippen LogP contribution in [0.15, 0.2) is 0 Å². The van der Waals surface area contributed by atoms with Crippen LogP contribution in [0.3, 0.4) is 0 Å². The Bertz CT molecular complexity index is 533. The van der Waals surface area contributed by atoms with Gasteiger partial charge in [0.25, 0.3) is 0 Å². The van der Waals surface area contributed by atoms with Gasteiger partial charge >= 0.3 is 47.5 Å². The van der Waals surface area contributed by atoms with Crippen molar-refractivity contribution in [3.05, 3.63) is 0 Å². The Labute approximate surface area is 260 Å². The van der Waals surface area contributed by atoms with E-state index in [-0.39, 0.29) is 29.6 Å². The number of aliphatic carboxylic acids is 3. The van der Waals surface area contributed by atoms with Crippen LogP contribution in [0, 0.1) is 0 Å². The molecule has 0 aliphatic rings. The number of ether oxygens (including phenoxy) is 1. The van der Waals surface area contributed by atoms with Crippen molar-refractivity contribution in [3.63, 3.8) is 0 Å². The van der Waals surface area contributed by atoms with Gasteiger partial charge in [-0.15, -0.1) is 0 Å². The van der Waals surface area contributed by atoms with Crippen molar-refractivity contribution in [1.29, 1.82) is 0 Å². The molecule has 9 heteroatoms. The second-order valence-electron chi connectivity index (χ2n) is 10.5. The van der Waals surface area contributed by atoms with Gasteiger partial charge in [0.15, 0.2) is 5.60 Å². The zero-order valence-corrected chi connectivity index (χ0v) is 24.4. The molecule has 228 valence electrons. The molecule has 0 aliphatic heterocycles. The molecule has 0 aromatic rings. The molecule has 4 N–H and O–H groups in total. The molecular formula is C30H59NaO8. The van der Waals surface area contributed by atoms with Crippen LogP contribution in [0.2, 0.25) is 0 Å². The Hall–Kier alpha value is -0.670. The molecule has 0 aromatic carbocycles. The second kappa shape index (κ2) is 31.9. The van der Waals surface area contributed by atoms with Gasteiger partial charge in [0.2, 0.25) is 0 Å². The molecule has 0 atom stereocenters. The first kappa shape index (κ1) is 42.8. The van der Waals surface area contributed by atoms with E-state index in [1.807, 2.05) is 0 Å². The summed E-state index contributed by atoms with van der Waals surface area (Å²) in [5, 5.41) is 33.8. The molecule has 0 heterocycles. The number of rotatable bonds is 27. The molecule has 0 saturated carbocycles. The molecule has 0 amide bonds. The Morgan fingerprint density at radius 3 is 1.00 bits per heavy atom. The third-order valence-corrected chi connectivity index (χ3v) is 6.57. The molecule has 8 nitrogen and oxygen atoms in total. The third-order valence-electron chi connectivity index (χ3n) is 6.57. The summed E-state index contributed by atoms with van der Waals surface area (Å²) in [5.74, 6) is -5.02. The first-order chi connectivity index (χ1) is 18.2. The molecule has 39 heavy (non-hydrogen) atoms. The first-order valence-electron chi connectivity index (χ1n) is 15.2.